The molecule has 0 amide bonds. The molecule has 5 rings (SSSR count). The predicted octanol–water partition coefficient (Wildman–Crippen LogP) is 5.51. The van der Waals surface area contributed by atoms with Crippen molar-refractivity contribution in [2.24, 2.45) is 11.8 Å². The maximum Gasteiger partial charge on any atom is 0.110 e. The molecule has 3 aromatic rings. The highest BCUT2D eigenvalue weighted by atomic mass is 35.5. The number of imidazole rings is 1. The smallest absolute Gasteiger partial charge is 0.110 e. The number of aromatic nitrogens is 2. The molecule has 23 heavy (non-hydrogen) atoms. The normalized spacial score (nSPS) is 29.4. The van der Waals surface area contributed by atoms with Gasteiger partial charge >= 0.3 is 0 Å². The Bertz CT molecular complexity index is 854. The topological polar surface area (TPSA) is 28.7 Å². The number of benzene rings is 2. The van der Waals surface area contributed by atoms with Gasteiger partial charge in [-0.05, 0) is 60.8 Å². The molecular weight excluding hydrogens is 304 g/mol. The van der Waals surface area contributed by atoms with E-state index in [9.17, 15) is 0 Å². The van der Waals surface area contributed by atoms with Crippen molar-refractivity contribution in [3.8, 4) is 0 Å². The van der Waals surface area contributed by atoms with E-state index in [0.717, 1.165) is 33.8 Å². The van der Waals surface area contributed by atoms with Crippen molar-refractivity contribution in [1.29, 1.82) is 0 Å². The third kappa shape index (κ3) is 2.20. The Hall–Kier alpha value is -1.80. The van der Waals surface area contributed by atoms with E-state index in [1.54, 1.807) is 0 Å². The summed E-state index contributed by atoms with van der Waals surface area (Å²) in [5.41, 5.74) is 3.62. The molecule has 2 aliphatic carbocycles. The van der Waals surface area contributed by atoms with Crippen LogP contribution in [0.2, 0.25) is 5.02 Å². The summed E-state index contributed by atoms with van der Waals surface area (Å²) in [7, 11) is 0. The zero-order chi connectivity index (χ0) is 15.4. The van der Waals surface area contributed by atoms with Crippen molar-refractivity contribution in [1.82, 2.24) is 9.97 Å². The van der Waals surface area contributed by atoms with Crippen molar-refractivity contribution >= 4 is 22.6 Å². The minimum absolute atomic E-state index is 0.589. The van der Waals surface area contributed by atoms with Gasteiger partial charge in [-0.25, -0.2) is 4.98 Å². The van der Waals surface area contributed by atoms with Gasteiger partial charge in [-0.3, -0.25) is 0 Å². The molecule has 4 unspecified atom stereocenters. The maximum atomic E-state index is 6.09. The molecule has 116 valence electrons. The van der Waals surface area contributed by atoms with Crippen LogP contribution < -0.4 is 0 Å². The van der Waals surface area contributed by atoms with Crippen molar-refractivity contribution < 1.29 is 0 Å². The van der Waals surface area contributed by atoms with Crippen LogP contribution in [0.1, 0.15) is 42.5 Å². The summed E-state index contributed by atoms with van der Waals surface area (Å²) in [4.78, 5) is 8.36. The van der Waals surface area contributed by atoms with Crippen LogP contribution in [0.25, 0.3) is 11.0 Å². The van der Waals surface area contributed by atoms with Gasteiger partial charge in [0.25, 0.3) is 0 Å². The molecule has 2 saturated carbocycles. The van der Waals surface area contributed by atoms with Crippen molar-refractivity contribution in [3.05, 3.63) is 64.9 Å². The van der Waals surface area contributed by atoms with Crippen LogP contribution in [0.4, 0.5) is 0 Å². The van der Waals surface area contributed by atoms with Crippen molar-refractivity contribution in [3.63, 3.8) is 0 Å². The van der Waals surface area contributed by atoms with Crippen LogP contribution in [-0.4, -0.2) is 9.97 Å². The third-order valence-corrected chi connectivity index (χ3v) is 6.13. The van der Waals surface area contributed by atoms with Gasteiger partial charge < -0.3 is 4.98 Å². The first-order valence-corrected chi connectivity index (χ1v) is 8.86. The summed E-state index contributed by atoms with van der Waals surface area (Å²) in [5, 5.41) is 0.768. The molecule has 0 aliphatic heterocycles. The first kappa shape index (κ1) is 13.6. The number of nitrogens with zero attached hydrogens (tertiary/aromatic N) is 1. The molecule has 2 aliphatic rings. The number of hydrogen-bond acceptors (Lipinski definition) is 1. The van der Waals surface area contributed by atoms with E-state index in [1.807, 2.05) is 18.2 Å². The lowest BCUT2D eigenvalue weighted by Gasteiger charge is -2.27. The molecule has 0 saturated heterocycles. The van der Waals surface area contributed by atoms with Crippen LogP contribution >= 0.6 is 11.6 Å². The molecule has 0 radical (unpaired) electrons. The number of H-pyrrole nitrogens is 1. The highest BCUT2D eigenvalue weighted by Gasteiger charge is 2.47. The minimum atomic E-state index is 0.589. The summed E-state index contributed by atoms with van der Waals surface area (Å²) in [6, 6.07) is 16.9. The lowest BCUT2D eigenvalue weighted by molar-refractivity contribution is 0.367. The Morgan fingerprint density at radius 3 is 2.48 bits per heavy atom. The van der Waals surface area contributed by atoms with Gasteiger partial charge in [0.1, 0.15) is 5.82 Å². The molecule has 1 heterocycles. The van der Waals surface area contributed by atoms with Gasteiger partial charge in [0.2, 0.25) is 0 Å². The van der Waals surface area contributed by atoms with E-state index in [1.165, 1.54) is 30.7 Å². The molecule has 0 spiro atoms. The van der Waals surface area contributed by atoms with Gasteiger partial charge in [-0.2, -0.15) is 0 Å². The van der Waals surface area contributed by atoms with Crippen LogP contribution in [0.15, 0.2) is 48.5 Å². The first-order chi connectivity index (χ1) is 11.3. The first-order valence-electron chi connectivity index (χ1n) is 8.48. The molecule has 1 N–H and O–H groups in total. The second-order valence-electron chi connectivity index (χ2n) is 7.13. The van der Waals surface area contributed by atoms with E-state index < -0.39 is 0 Å². The lowest BCUT2D eigenvalue weighted by atomic mass is 9.78. The Morgan fingerprint density at radius 1 is 0.913 bits per heavy atom. The summed E-state index contributed by atoms with van der Waals surface area (Å²) in [6.45, 7) is 0. The van der Waals surface area contributed by atoms with Gasteiger partial charge in [0, 0.05) is 10.9 Å². The Labute approximate surface area is 140 Å². The molecule has 2 fully saturated rings. The zero-order valence-corrected chi connectivity index (χ0v) is 13.6. The second-order valence-corrected chi connectivity index (χ2v) is 7.57. The number of aromatic amines is 1. The summed E-state index contributed by atoms with van der Waals surface area (Å²) in [6.07, 6.45) is 3.91. The van der Waals surface area contributed by atoms with Crippen molar-refractivity contribution in [2.45, 2.75) is 31.1 Å². The van der Waals surface area contributed by atoms with E-state index in [-0.39, 0.29) is 0 Å². The van der Waals surface area contributed by atoms with Gasteiger partial charge in [-0.15, -0.1) is 0 Å². The van der Waals surface area contributed by atoms with E-state index >= 15 is 0 Å². The fourth-order valence-corrected chi connectivity index (χ4v) is 5.07. The van der Waals surface area contributed by atoms with Gasteiger partial charge in [0.05, 0.1) is 11.0 Å². The molecule has 2 bridgehead atoms. The quantitative estimate of drug-likeness (QED) is 0.661. The van der Waals surface area contributed by atoms with Crippen molar-refractivity contribution in [2.75, 3.05) is 0 Å². The summed E-state index contributed by atoms with van der Waals surface area (Å²) >= 11 is 6.09. The molecule has 3 heteroatoms. The largest absolute Gasteiger partial charge is 0.342 e. The average molecular weight is 323 g/mol. The molecule has 4 atom stereocenters. The van der Waals surface area contributed by atoms with Gasteiger partial charge in [-0.1, -0.05) is 41.9 Å². The van der Waals surface area contributed by atoms with Crippen LogP contribution in [-0.2, 0) is 0 Å². The maximum absolute atomic E-state index is 6.09. The van der Waals surface area contributed by atoms with Crippen LogP contribution in [0, 0.1) is 11.8 Å². The fraction of sp³-hybridized carbons (Fsp3) is 0.350. The molecule has 2 aromatic carbocycles. The lowest BCUT2D eigenvalue weighted by Crippen LogP contribution is -2.16. The number of nitrogens with one attached hydrogen (secondary N) is 1. The fourth-order valence-electron chi connectivity index (χ4n) is 4.90. The minimum Gasteiger partial charge on any atom is -0.342 e. The molecule has 1 aromatic heterocycles. The standard InChI is InChI=1S/C20H19ClN2/c21-15-6-7-18-19(11-15)23-20(22-18)17-10-13-8-14(17)9-16(13)12-4-2-1-3-5-12/h1-7,11,13-14,16-17H,8-10H2,(H,22,23). The second kappa shape index (κ2) is 5.10. The van der Waals surface area contributed by atoms with E-state index in [4.69, 9.17) is 16.6 Å². The highest BCUT2D eigenvalue weighted by Crippen LogP contribution is 2.58. The molecular formula is C20H19ClN2. The Balaban J connectivity index is 1.42. The monoisotopic (exact) mass is 322 g/mol. The number of hydrogen-bond donors (Lipinski definition) is 1. The average Bonchev–Trinajstić information content (AvgIpc) is 3.28. The van der Waals surface area contributed by atoms with Crippen LogP contribution in [0.3, 0.4) is 0 Å². The number of halogens is 1. The zero-order valence-electron chi connectivity index (χ0n) is 12.9. The molecule has 2 nitrogen and oxygen atoms in total. The Morgan fingerprint density at radius 2 is 1.70 bits per heavy atom. The summed E-state index contributed by atoms with van der Waals surface area (Å²) in [5.74, 6) is 4.08. The number of rotatable bonds is 2. The number of fused-ring (bicyclic) bond motifs is 3. The highest BCUT2D eigenvalue weighted by molar-refractivity contribution is 6.31. The van der Waals surface area contributed by atoms with Gasteiger partial charge in [0.15, 0.2) is 0 Å². The predicted molar refractivity (Wildman–Crippen MR) is 93.9 cm³/mol. The van der Waals surface area contributed by atoms with E-state index in [0.29, 0.717) is 5.92 Å². The SMILES string of the molecule is Clc1ccc2nc(C3CC4CC3CC4c3ccccc3)[nH]c2c1. The third-order valence-electron chi connectivity index (χ3n) is 5.90. The van der Waals surface area contributed by atoms with E-state index in [2.05, 4.69) is 35.3 Å². The Kier molecular flexibility index (Phi) is 3.02. The summed E-state index contributed by atoms with van der Waals surface area (Å²) < 4.78 is 0. The van der Waals surface area contributed by atoms with Crippen LogP contribution in [0.5, 0.6) is 0 Å².